The second kappa shape index (κ2) is 8.08. The van der Waals surface area contributed by atoms with Crippen molar-refractivity contribution in [1.29, 1.82) is 0 Å². The van der Waals surface area contributed by atoms with Gasteiger partial charge in [-0.05, 0) is 30.7 Å². The number of carbonyl (C=O) groups is 2. The lowest BCUT2D eigenvalue weighted by molar-refractivity contribution is -0.123. The Kier molecular flexibility index (Phi) is 5.35. The van der Waals surface area contributed by atoms with E-state index < -0.39 is 0 Å². The molecular weight excluding hydrogens is 436 g/mol. The molecular formula is C21H19BrN4O3. The van der Waals surface area contributed by atoms with Crippen molar-refractivity contribution in [3.63, 3.8) is 0 Å². The van der Waals surface area contributed by atoms with Crippen molar-refractivity contribution in [3.8, 4) is 5.75 Å². The molecule has 0 aliphatic carbocycles. The van der Waals surface area contributed by atoms with Crippen molar-refractivity contribution in [2.45, 2.75) is 13.5 Å². The molecule has 8 heteroatoms. The predicted octanol–water partition coefficient (Wildman–Crippen LogP) is 3.37. The van der Waals surface area contributed by atoms with E-state index in [0.29, 0.717) is 23.8 Å². The van der Waals surface area contributed by atoms with Gasteiger partial charge in [0.05, 0.1) is 18.4 Å². The molecule has 2 aromatic carbocycles. The fourth-order valence-electron chi connectivity index (χ4n) is 3.11. The van der Waals surface area contributed by atoms with E-state index in [9.17, 15) is 9.59 Å². The van der Waals surface area contributed by atoms with Crippen LogP contribution in [0.1, 0.15) is 11.1 Å². The van der Waals surface area contributed by atoms with Crippen LogP contribution < -0.4 is 15.0 Å². The van der Waals surface area contributed by atoms with E-state index in [1.165, 1.54) is 10.5 Å². The summed E-state index contributed by atoms with van der Waals surface area (Å²) in [5, 5.41) is 7.14. The summed E-state index contributed by atoms with van der Waals surface area (Å²) in [5.74, 6) is 0.575. The summed E-state index contributed by atoms with van der Waals surface area (Å²) in [6.07, 6.45) is 1.64. The summed E-state index contributed by atoms with van der Waals surface area (Å²) >= 11 is 3.38. The summed E-state index contributed by atoms with van der Waals surface area (Å²) in [6.45, 7) is 2.37. The minimum Gasteiger partial charge on any atom is -0.482 e. The van der Waals surface area contributed by atoms with E-state index in [0.717, 1.165) is 10.0 Å². The highest BCUT2D eigenvalue weighted by Gasteiger charge is 2.27. The minimum atomic E-state index is -0.306. The lowest BCUT2D eigenvalue weighted by atomic mass is 10.1. The van der Waals surface area contributed by atoms with E-state index in [4.69, 9.17) is 4.74 Å². The fraction of sp³-hybridized carbons (Fsp3) is 0.190. The van der Waals surface area contributed by atoms with Gasteiger partial charge in [-0.2, -0.15) is 5.10 Å². The van der Waals surface area contributed by atoms with E-state index in [1.807, 2.05) is 37.3 Å². The first-order valence-corrected chi connectivity index (χ1v) is 9.89. The monoisotopic (exact) mass is 454 g/mol. The van der Waals surface area contributed by atoms with Gasteiger partial charge in [0.15, 0.2) is 6.61 Å². The van der Waals surface area contributed by atoms with Crippen LogP contribution in [0, 0.1) is 6.92 Å². The maximum atomic E-state index is 12.7. The molecule has 148 valence electrons. The van der Waals surface area contributed by atoms with E-state index >= 15 is 0 Å². The Morgan fingerprint density at radius 2 is 2.00 bits per heavy atom. The number of halogens is 1. The molecule has 0 saturated heterocycles. The normalized spacial score (nSPS) is 13.0. The lowest BCUT2D eigenvalue weighted by Crippen LogP contribution is -2.43. The van der Waals surface area contributed by atoms with E-state index in [-0.39, 0.29) is 25.0 Å². The van der Waals surface area contributed by atoms with Crippen LogP contribution in [0.5, 0.6) is 5.75 Å². The molecule has 29 heavy (non-hydrogen) atoms. The zero-order valence-electron chi connectivity index (χ0n) is 15.8. The van der Waals surface area contributed by atoms with Gasteiger partial charge < -0.3 is 10.1 Å². The Morgan fingerprint density at radius 1 is 1.21 bits per heavy atom. The van der Waals surface area contributed by atoms with Crippen LogP contribution in [0.15, 0.2) is 59.2 Å². The number of ether oxygens (including phenoxy) is 1. The van der Waals surface area contributed by atoms with Gasteiger partial charge in [-0.1, -0.05) is 45.8 Å². The van der Waals surface area contributed by atoms with Crippen LogP contribution in [0.3, 0.4) is 0 Å². The quantitative estimate of drug-likeness (QED) is 0.640. The van der Waals surface area contributed by atoms with Gasteiger partial charge in [-0.25, -0.2) is 4.68 Å². The zero-order valence-corrected chi connectivity index (χ0v) is 17.3. The van der Waals surface area contributed by atoms with Crippen LogP contribution in [-0.4, -0.2) is 34.7 Å². The number of nitrogens with zero attached hydrogens (tertiary/aromatic N) is 3. The number of benzene rings is 2. The summed E-state index contributed by atoms with van der Waals surface area (Å²) < 4.78 is 8.02. The third-order valence-corrected chi connectivity index (χ3v) is 5.10. The second-order valence-electron chi connectivity index (χ2n) is 6.79. The standard InChI is InChI=1S/C21H19BrN4O3/c1-14-2-4-15(5-3-14)11-26-19(8-9-23-26)24-20(27)12-25-17-7-6-16(22)10-18(17)29-13-21(25)28/h2-10H,11-13H2,1H3,(H,24,27). The highest BCUT2D eigenvalue weighted by molar-refractivity contribution is 9.10. The zero-order chi connectivity index (χ0) is 20.4. The van der Waals surface area contributed by atoms with Crippen LogP contribution in [0.2, 0.25) is 0 Å². The maximum absolute atomic E-state index is 12.7. The lowest BCUT2D eigenvalue weighted by Gasteiger charge is -2.29. The number of amides is 2. The first kappa shape index (κ1) is 19.2. The van der Waals surface area contributed by atoms with E-state index in [1.54, 1.807) is 29.1 Å². The molecule has 7 nitrogen and oxygen atoms in total. The Labute approximate surface area is 176 Å². The van der Waals surface area contributed by atoms with Gasteiger partial charge >= 0.3 is 0 Å². The van der Waals surface area contributed by atoms with Crippen molar-refractivity contribution in [2.75, 3.05) is 23.4 Å². The molecule has 1 aliphatic heterocycles. The molecule has 0 saturated carbocycles. The SMILES string of the molecule is Cc1ccc(Cn2nccc2NC(=O)CN2C(=O)COc3cc(Br)ccc32)cc1. The molecule has 4 rings (SSSR count). The molecule has 0 bridgehead atoms. The predicted molar refractivity (Wildman–Crippen MR) is 113 cm³/mol. The molecule has 1 aliphatic rings. The molecule has 0 unspecified atom stereocenters. The van der Waals surface area contributed by atoms with Crippen LogP contribution in [0.4, 0.5) is 11.5 Å². The number of rotatable bonds is 5. The Morgan fingerprint density at radius 3 is 2.79 bits per heavy atom. The minimum absolute atomic E-state index is 0.0951. The fourth-order valence-corrected chi connectivity index (χ4v) is 3.45. The molecule has 1 aromatic heterocycles. The van der Waals surface area contributed by atoms with Gasteiger partial charge in [0.2, 0.25) is 5.91 Å². The number of hydrogen-bond donors (Lipinski definition) is 1. The number of fused-ring (bicyclic) bond motifs is 1. The molecule has 2 heterocycles. The van der Waals surface area contributed by atoms with E-state index in [2.05, 4.69) is 26.3 Å². The third kappa shape index (κ3) is 4.32. The first-order chi connectivity index (χ1) is 14.0. The maximum Gasteiger partial charge on any atom is 0.265 e. The highest BCUT2D eigenvalue weighted by Crippen LogP contribution is 2.34. The number of nitrogens with one attached hydrogen (secondary N) is 1. The second-order valence-corrected chi connectivity index (χ2v) is 7.70. The molecule has 2 amide bonds. The first-order valence-electron chi connectivity index (χ1n) is 9.09. The number of hydrogen-bond acceptors (Lipinski definition) is 4. The van der Waals surface area contributed by atoms with Crippen molar-refractivity contribution in [2.24, 2.45) is 0 Å². The highest BCUT2D eigenvalue weighted by atomic mass is 79.9. The van der Waals surface area contributed by atoms with Gasteiger partial charge in [-0.15, -0.1) is 0 Å². The summed E-state index contributed by atoms with van der Waals surface area (Å²) in [7, 11) is 0. The van der Waals surface area contributed by atoms with Gasteiger partial charge in [0.1, 0.15) is 18.1 Å². The summed E-state index contributed by atoms with van der Waals surface area (Å²) in [4.78, 5) is 26.4. The molecule has 0 fully saturated rings. The number of aryl methyl sites for hydroxylation is 1. The summed E-state index contributed by atoms with van der Waals surface area (Å²) in [5.41, 5.74) is 2.84. The number of anilines is 2. The van der Waals surface area contributed by atoms with Crippen molar-refractivity contribution >= 4 is 39.2 Å². The van der Waals surface area contributed by atoms with Crippen LogP contribution >= 0.6 is 15.9 Å². The smallest absolute Gasteiger partial charge is 0.265 e. The van der Waals surface area contributed by atoms with Gasteiger partial charge in [-0.3, -0.25) is 14.5 Å². The number of carbonyl (C=O) groups excluding carboxylic acids is 2. The largest absolute Gasteiger partial charge is 0.482 e. The third-order valence-electron chi connectivity index (χ3n) is 4.60. The van der Waals surface area contributed by atoms with Crippen molar-refractivity contribution in [3.05, 3.63) is 70.3 Å². The summed E-state index contributed by atoms with van der Waals surface area (Å²) in [6, 6.07) is 15.2. The number of aromatic nitrogens is 2. The van der Waals surface area contributed by atoms with Gasteiger partial charge in [0.25, 0.3) is 5.91 Å². The molecule has 0 atom stereocenters. The average Bonchev–Trinajstić information content (AvgIpc) is 3.12. The molecule has 0 radical (unpaired) electrons. The van der Waals surface area contributed by atoms with Crippen molar-refractivity contribution in [1.82, 2.24) is 9.78 Å². The molecule has 3 aromatic rings. The average molecular weight is 455 g/mol. The topological polar surface area (TPSA) is 76.5 Å². The molecule has 1 N–H and O–H groups in total. The Bertz CT molecular complexity index is 1060. The Balaban J connectivity index is 1.47. The Hall–Kier alpha value is -3.13. The van der Waals surface area contributed by atoms with Crippen LogP contribution in [0.25, 0.3) is 0 Å². The van der Waals surface area contributed by atoms with Gasteiger partial charge in [0, 0.05) is 10.5 Å². The molecule has 0 spiro atoms. The van der Waals surface area contributed by atoms with Crippen molar-refractivity contribution < 1.29 is 14.3 Å². The van der Waals surface area contributed by atoms with Crippen LogP contribution in [-0.2, 0) is 16.1 Å².